The van der Waals surface area contributed by atoms with E-state index in [9.17, 15) is 14.0 Å². The molecular weight excluding hydrogens is 454 g/mol. The molecule has 32 heavy (non-hydrogen) atoms. The van der Waals surface area contributed by atoms with Gasteiger partial charge in [-0.05, 0) is 54.6 Å². The summed E-state index contributed by atoms with van der Waals surface area (Å²) in [5, 5.41) is 3.84. The van der Waals surface area contributed by atoms with Gasteiger partial charge in [-0.1, -0.05) is 41.4 Å². The lowest BCUT2D eigenvalue weighted by molar-refractivity contribution is -0.119. The van der Waals surface area contributed by atoms with E-state index in [4.69, 9.17) is 27.9 Å². The smallest absolute Gasteiger partial charge is 0.339 e. The molecule has 160 valence electrons. The van der Waals surface area contributed by atoms with Crippen molar-refractivity contribution in [2.75, 3.05) is 11.9 Å². The molecule has 1 amide bonds. The van der Waals surface area contributed by atoms with Crippen molar-refractivity contribution in [3.05, 3.63) is 94.2 Å². The van der Waals surface area contributed by atoms with Crippen molar-refractivity contribution < 1.29 is 18.7 Å². The minimum atomic E-state index is -0.690. The van der Waals surface area contributed by atoms with Crippen molar-refractivity contribution in [1.82, 2.24) is 4.98 Å². The summed E-state index contributed by atoms with van der Waals surface area (Å²) in [4.78, 5) is 29.6. The van der Waals surface area contributed by atoms with E-state index in [1.54, 1.807) is 54.6 Å². The van der Waals surface area contributed by atoms with E-state index >= 15 is 0 Å². The zero-order chi connectivity index (χ0) is 22.7. The Morgan fingerprint density at radius 1 is 0.969 bits per heavy atom. The number of benzene rings is 3. The van der Waals surface area contributed by atoms with Gasteiger partial charge in [0.15, 0.2) is 6.61 Å². The van der Waals surface area contributed by atoms with Gasteiger partial charge in [0.1, 0.15) is 5.82 Å². The Morgan fingerprint density at radius 2 is 1.72 bits per heavy atom. The van der Waals surface area contributed by atoms with Crippen LogP contribution in [0.5, 0.6) is 0 Å². The number of aromatic nitrogens is 1. The van der Waals surface area contributed by atoms with E-state index in [1.807, 2.05) is 0 Å². The molecule has 0 spiro atoms. The van der Waals surface area contributed by atoms with Gasteiger partial charge >= 0.3 is 5.97 Å². The van der Waals surface area contributed by atoms with Gasteiger partial charge in [0, 0.05) is 16.0 Å². The first-order valence-corrected chi connectivity index (χ1v) is 10.2. The van der Waals surface area contributed by atoms with Crippen molar-refractivity contribution in [3.63, 3.8) is 0 Å². The van der Waals surface area contributed by atoms with Crippen LogP contribution in [-0.2, 0) is 9.53 Å². The maximum absolute atomic E-state index is 13.3. The van der Waals surface area contributed by atoms with Crippen molar-refractivity contribution >= 4 is 51.7 Å². The maximum Gasteiger partial charge on any atom is 0.339 e. The molecule has 3 aromatic carbocycles. The predicted molar refractivity (Wildman–Crippen MR) is 123 cm³/mol. The number of amides is 1. The van der Waals surface area contributed by atoms with Crippen molar-refractivity contribution in [2.24, 2.45) is 0 Å². The molecule has 4 aromatic rings. The summed E-state index contributed by atoms with van der Waals surface area (Å²) < 4.78 is 18.5. The van der Waals surface area contributed by atoms with E-state index in [-0.39, 0.29) is 16.4 Å². The first-order valence-electron chi connectivity index (χ1n) is 9.48. The highest BCUT2D eigenvalue weighted by Gasteiger charge is 2.17. The number of hydrogen-bond acceptors (Lipinski definition) is 4. The molecule has 0 fully saturated rings. The molecule has 0 bridgehead atoms. The molecule has 4 rings (SSSR count). The third kappa shape index (κ3) is 4.88. The monoisotopic (exact) mass is 468 g/mol. The first-order chi connectivity index (χ1) is 15.4. The number of fused-ring (bicyclic) bond motifs is 1. The number of esters is 1. The average Bonchev–Trinajstić information content (AvgIpc) is 2.79. The summed E-state index contributed by atoms with van der Waals surface area (Å²) in [6.07, 6.45) is 0. The fourth-order valence-electron chi connectivity index (χ4n) is 3.10. The van der Waals surface area contributed by atoms with Gasteiger partial charge < -0.3 is 10.1 Å². The van der Waals surface area contributed by atoms with Gasteiger partial charge in [0.05, 0.1) is 27.5 Å². The fourth-order valence-corrected chi connectivity index (χ4v) is 3.55. The fraction of sp³-hybridized carbons (Fsp3) is 0.0417. The Hall–Kier alpha value is -3.48. The molecule has 0 aliphatic heterocycles. The first kappa shape index (κ1) is 21.7. The number of para-hydroxylation sites is 1. The summed E-state index contributed by atoms with van der Waals surface area (Å²) in [7, 11) is 0. The van der Waals surface area contributed by atoms with Gasteiger partial charge in [-0.2, -0.15) is 0 Å². The largest absolute Gasteiger partial charge is 0.452 e. The molecule has 0 aliphatic rings. The quantitative estimate of drug-likeness (QED) is 0.357. The normalized spacial score (nSPS) is 10.7. The van der Waals surface area contributed by atoms with E-state index in [1.165, 1.54) is 18.2 Å². The minimum absolute atomic E-state index is 0.243. The van der Waals surface area contributed by atoms with Gasteiger partial charge in [0.2, 0.25) is 0 Å². The van der Waals surface area contributed by atoms with Crippen LogP contribution in [0.3, 0.4) is 0 Å². The van der Waals surface area contributed by atoms with Crippen molar-refractivity contribution in [1.29, 1.82) is 0 Å². The zero-order valence-corrected chi connectivity index (χ0v) is 18.0. The molecule has 0 saturated heterocycles. The highest BCUT2D eigenvalue weighted by atomic mass is 35.5. The van der Waals surface area contributed by atoms with Crippen LogP contribution in [0.25, 0.3) is 22.2 Å². The Labute approximate surface area is 192 Å². The Morgan fingerprint density at radius 3 is 2.47 bits per heavy atom. The molecule has 0 unspecified atom stereocenters. The number of carbonyl (C=O) groups excluding carboxylic acids is 2. The summed E-state index contributed by atoms with van der Waals surface area (Å²) in [5.74, 6) is -1.62. The Balaban J connectivity index is 1.56. The molecule has 5 nitrogen and oxygen atoms in total. The van der Waals surface area contributed by atoms with Crippen molar-refractivity contribution in [2.45, 2.75) is 0 Å². The molecule has 0 radical (unpaired) electrons. The lowest BCUT2D eigenvalue weighted by Gasteiger charge is -2.11. The number of anilines is 1. The lowest BCUT2D eigenvalue weighted by Crippen LogP contribution is -2.21. The number of halogens is 3. The van der Waals surface area contributed by atoms with Crippen LogP contribution in [-0.4, -0.2) is 23.5 Å². The lowest BCUT2D eigenvalue weighted by atomic mass is 10.0. The van der Waals surface area contributed by atoms with Gasteiger partial charge in [-0.15, -0.1) is 0 Å². The molecule has 0 saturated carbocycles. The number of hydrogen-bond donors (Lipinski definition) is 1. The highest BCUT2D eigenvalue weighted by molar-refractivity contribution is 6.36. The SMILES string of the molecule is O=C(COC(=O)c1cc(-c2ccc(F)cc2)nc2ccccc12)Nc1ccc(Cl)cc1Cl. The average molecular weight is 469 g/mol. The number of nitrogens with one attached hydrogen (secondary N) is 1. The van der Waals surface area contributed by atoms with Gasteiger partial charge in [0.25, 0.3) is 5.91 Å². The molecule has 0 atom stereocenters. The van der Waals surface area contributed by atoms with E-state index in [0.717, 1.165) is 0 Å². The molecule has 1 heterocycles. The van der Waals surface area contributed by atoms with E-state index < -0.39 is 18.5 Å². The number of pyridine rings is 1. The molecule has 0 aliphatic carbocycles. The summed E-state index contributed by atoms with van der Waals surface area (Å²) in [6, 6.07) is 19.0. The molecule has 1 aromatic heterocycles. The zero-order valence-electron chi connectivity index (χ0n) is 16.4. The van der Waals surface area contributed by atoms with E-state index in [0.29, 0.717) is 32.9 Å². The number of nitrogens with zero attached hydrogens (tertiary/aromatic N) is 1. The van der Waals surface area contributed by atoms with Crippen molar-refractivity contribution in [3.8, 4) is 11.3 Å². The van der Waals surface area contributed by atoms with Crippen LogP contribution in [0.2, 0.25) is 10.0 Å². The van der Waals surface area contributed by atoms with Gasteiger partial charge in [-0.25, -0.2) is 14.2 Å². The third-order valence-corrected chi connectivity index (χ3v) is 5.16. The summed E-state index contributed by atoms with van der Waals surface area (Å²) in [5.41, 5.74) is 2.28. The standard InChI is InChI=1S/C24H15Cl2FN2O3/c25-15-7-10-21(19(26)11-15)29-23(30)13-32-24(31)18-12-22(14-5-8-16(27)9-6-14)28-20-4-2-1-3-17(18)20/h1-12H,13H2,(H,29,30). The molecule has 8 heteroatoms. The maximum atomic E-state index is 13.3. The van der Waals surface area contributed by atoms with E-state index in [2.05, 4.69) is 10.3 Å². The van der Waals surface area contributed by atoms with Crippen LogP contribution in [0.15, 0.2) is 72.8 Å². The van der Waals surface area contributed by atoms with Crippen LogP contribution < -0.4 is 5.32 Å². The Bertz CT molecular complexity index is 1330. The Kier molecular flexibility index (Phi) is 6.35. The van der Waals surface area contributed by atoms with Crippen LogP contribution in [0.4, 0.5) is 10.1 Å². The second-order valence-corrected chi connectivity index (χ2v) is 7.67. The second-order valence-electron chi connectivity index (χ2n) is 6.83. The highest BCUT2D eigenvalue weighted by Crippen LogP contribution is 2.27. The second kappa shape index (κ2) is 9.34. The third-order valence-electron chi connectivity index (χ3n) is 4.62. The molecule has 1 N–H and O–H groups in total. The number of carbonyl (C=O) groups is 2. The summed E-state index contributed by atoms with van der Waals surface area (Å²) >= 11 is 11.9. The predicted octanol–water partition coefficient (Wildman–Crippen LogP) is 6.14. The minimum Gasteiger partial charge on any atom is -0.452 e. The van der Waals surface area contributed by atoms with Gasteiger partial charge in [-0.3, -0.25) is 4.79 Å². The van der Waals surface area contributed by atoms with Crippen LogP contribution in [0.1, 0.15) is 10.4 Å². The molecular formula is C24H15Cl2FN2O3. The number of ether oxygens (including phenoxy) is 1. The summed E-state index contributed by atoms with van der Waals surface area (Å²) in [6.45, 7) is -0.514. The number of rotatable bonds is 5. The van der Waals surface area contributed by atoms with Crippen LogP contribution in [0, 0.1) is 5.82 Å². The topological polar surface area (TPSA) is 68.3 Å². The van der Waals surface area contributed by atoms with Crippen LogP contribution >= 0.6 is 23.2 Å².